The molecule has 1 N–H and O–H groups in total. The maximum Gasteiger partial charge on any atom is 0.272 e. The van der Waals surface area contributed by atoms with E-state index in [1.165, 1.54) is 6.42 Å². The number of rotatable bonds is 5. The first kappa shape index (κ1) is 19.7. The molecule has 5 rings (SSSR count). The average molecular weight is 479 g/mol. The van der Waals surface area contributed by atoms with E-state index in [1.54, 1.807) is 24.3 Å². The second-order valence-electron chi connectivity index (χ2n) is 11.1. The van der Waals surface area contributed by atoms with E-state index in [-0.39, 0.29) is 22.8 Å². The van der Waals surface area contributed by atoms with Crippen molar-refractivity contribution in [3.63, 3.8) is 0 Å². The summed E-state index contributed by atoms with van der Waals surface area (Å²) in [5, 5.41) is 8.78. The first-order chi connectivity index (χ1) is 17.3. The van der Waals surface area contributed by atoms with Gasteiger partial charge in [0.15, 0.2) is 5.69 Å². The van der Waals surface area contributed by atoms with E-state index in [0.29, 0.717) is 28.7 Å². The van der Waals surface area contributed by atoms with E-state index in [9.17, 15) is 4.79 Å². The van der Waals surface area contributed by atoms with Crippen LogP contribution in [-0.4, -0.2) is 21.7 Å². The van der Waals surface area contributed by atoms with Gasteiger partial charge in [-0.3, -0.25) is 9.48 Å². The highest BCUT2D eigenvalue weighted by molar-refractivity contribution is 6.31. The lowest BCUT2D eigenvalue weighted by Crippen LogP contribution is -2.52. The van der Waals surface area contributed by atoms with E-state index in [1.807, 2.05) is 35.9 Å². The molecule has 2 saturated carbocycles. The Morgan fingerprint density at radius 1 is 1.21 bits per heavy atom. The summed E-state index contributed by atoms with van der Waals surface area (Å²) < 4.78 is 24.7. The molecule has 1 heterocycles. The molecule has 0 unspecified atom stereocenters. The Hall–Kier alpha value is -2.59. The quantitative estimate of drug-likeness (QED) is 0.437. The van der Waals surface area contributed by atoms with E-state index in [2.05, 4.69) is 26.1 Å². The molecule has 2 aromatic carbocycles. The van der Waals surface area contributed by atoms with Gasteiger partial charge in [0, 0.05) is 20.7 Å². The van der Waals surface area contributed by atoms with Crippen LogP contribution in [0.25, 0.3) is 11.3 Å². The summed E-state index contributed by atoms with van der Waals surface area (Å²) in [5.41, 5.74) is 4.41. The summed E-state index contributed by atoms with van der Waals surface area (Å²) in [6.07, 6.45) is 3.52. The fourth-order valence-electron chi connectivity index (χ4n) is 6.34. The van der Waals surface area contributed by atoms with Gasteiger partial charge in [0.05, 0.1) is 12.2 Å². The predicted octanol–water partition coefficient (Wildman–Crippen LogP) is 6.81. The van der Waals surface area contributed by atoms with Gasteiger partial charge >= 0.3 is 0 Å². The van der Waals surface area contributed by atoms with E-state index in [0.717, 1.165) is 35.2 Å². The summed E-state index contributed by atoms with van der Waals surface area (Å²) in [6.45, 7) is 7.06. The summed E-state index contributed by atoms with van der Waals surface area (Å²) in [6, 6.07) is 14.6. The van der Waals surface area contributed by atoms with Gasteiger partial charge in [-0.05, 0) is 79.1 Å². The van der Waals surface area contributed by atoms with Crippen LogP contribution < -0.4 is 5.32 Å². The van der Waals surface area contributed by atoms with Crippen LogP contribution in [0.1, 0.15) is 71.3 Å². The monoisotopic (exact) mass is 478 g/mol. The smallest absolute Gasteiger partial charge is 0.272 e. The minimum absolute atomic E-state index is 0.0475. The Bertz CT molecular complexity index is 1340. The van der Waals surface area contributed by atoms with Crippen LogP contribution in [0.15, 0.2) is 48.5 Å². The standard InChI is InChI=1S/C29H34ClN3O/c1-18-6-8-20(9-7-18)17-33-25(21-10-11-23(30)19(2)14-21)15-24(32-33)26(34)31-27-28(3,4)22-12-13-29(27,5)16-22/h6-11,14-15,22,27H,12-13,16-17H2,1-5H3,(H,31,34)/t22-,27-,29+/m1/s1/i1D3. The maximum absolute atomic E-state index is 13.6. The summed E-state index contributed by atoms with van der Waals surface area (Å²) >= 11 is 6.28. The molecule has 2 aliphatic carbocycles. The Balaban J connectivity index is 1.47. The van der Waals surface area contributed by atoms with Crippen LogP contribution in [0, 0.1) is 30.5 Å². The first-order valence-electron chi connectivity index (χ1n) is 13.5. The van der Waals surface area contributed by atoms with Crippen LogP contribution in [0.5, 0.6) is 0 Å². The number of nitrogens with zero attached hydrogens (tertiary/aromatic N) is 2. The SMILES string of the molecule is [2H]C([2H])([2H])c1ccc(Cn2nc(C(=O)N[C@@H]3C(C)(C)[C@@H]4CC[C@@]3(C)C4)cc2-c2ccc(Cl)c(C)c2)cc1. The molecule has 3 aromatic rings. The van der Waals surface area contributed by atoms with Crippen LogP contribution in [0.4, 0.5) is 0 Å². The average Bonchev–Trinajstić information content (AvgIpc) is 3.48. The minimum atomic E-state index is -2.15. The third-order valence-electron chi connectivity index (χ3n) is 8.30. The van der Waals surface area contributed by atoms with E-state index < -0.39 is 6.85 Å². The Morgan fingerprint density at radius 3 is 2.62 bits per heavy atom. The zero-order chi connectivity index (χ0) is 26.8. The topological polar surface area (TPSA) is 46.9 Å². The molecule has 0 saturated heterocycles. The molecule has 2 bridgehead atoms. The van der Waals surface area contributed by atoms with Gasteiger partial charge in [-0.2, -0.15) is 5.10 Å². The van der Waals surface area contributed by atoms with Gasteiger partial charge in [0.25, 0.3) is 5.91 Å². The third-order valence-corrected chi connectivity index (χ3v) is 8.72. The lowest BCUT2D eigenvalue weighted by Gasteiger charge is -2.42. The van der Waals surface area contributed by atoms with Crippen molar-refractivity contribution in [3.05, 3.63) is 75.9 Å². The largest absolute Gasteiger partial charge is 0.347 e. The van der Waals surface area contributed by atoms with Gasteiger partial charge in [0.1, 0.15) is 0 Å². The molecule has 4 nitrogen and oxygen atoms in total. The fraction of sp³-hybridized carbons (Fsp3) is 0.448. The van der Waals surface area contributed by atoms with Crippen molar-refractivity contribution < 1.29 is 8.91 Å². The van der Waals surface area contributed by atoms with Crippen LogP contribution in [0.3, 0.4) is 0 Å². The second-order valence-corrected chi connectivity index (χ2v) is 11.5. The molecule has 178 valence electrons. The molecule has 1 amide bonds. The maximum atomic E-state index is 13.6. The number of aryl methyl sites for hydroxylation is 2. The van der Waals surface area contributed by atoms with Gasteiger partial charge in [-0.25, -0.2) is 0 Å². The molecule has 0 radical (unpaired) electrons. The molecule has 1 aromatic heterocycles. The zero-order valence-corrected chi connectivity index (χ0v) is 21.0. The lowest BCUT2D eigenvalue weighted by molar-refractivity contribution is 0.0732. The minimum Gasteiger partial charge on any atom is -0.347 e. The van der Waals surface area contributed by atoms with E-state index >= 15 is 0 Å². The highest BCUT2D eigenvalue weighted by Crippen LogP contribution is 2.62. The molecule has 2 fully saturated rings. The lowest BCUT2D eigenvalue weighted by atomic mass is 9.68. The number of carbonyl (C=O) groups excluding carboxylic acids is 1. The van der Waals surface area contributed by atoms with Gasteiger partial charge in [0.2, 0.25) is 0 Å². The molecular weight excluding hydrogens is 442 g/mol. The highest BCUT2D eigenvalue weighted by atomic mass is 35.5. The van der Waals surface area contributed by atoms with Crippen LogP contribution in [-0.2, 0) is 6.54 Å². The fourth-order valence-corrected chi connectivity index (χ4v) is 6.45. The number of benzene rings is 2. The Kier molecular flexibility index (Phi) is 4.79. The van der Waals surface area contributed by atoms with Crippen molar-refractivity contribution in [1.82, 2.24) is 15.1 Å². The molecule has 0 spiro atoms. The van der Waals surface area contributed by atoms with Crippen LogP contribution in [0.2, 0.25) is 5.02 Å². The van der Waals surface area contributed by atoms with Gasteiger partial charge in [-0.15, -0.1) is 0 Å². The molecule has 2 aliphatic rings. The zero-order valence-electron chi connectivity index (χ0n) is 23.3. The summed E-state index contributed by atoms with van der Waals surface area (Å²) in [7, 11) is 0. The molecule has 34 heavy (non-hydrogen) atoms. The first-order valence-corrected chi connectivity index (χ1v) is 12.4. The van der Waals surface area contributed by atoms with Crippen molar-refractivity contribution in [2.45, 2.75) is 66.4 Å². The van der Waals surface area contributed by atoms with Crippen molar-refractivity contribution in [2.75, 3.05) is 0 Å². The second kappa shape index (κ2) is 8.27. The third kappa shape index (κ3) is 3.96. The normalized spacial score (nSPS) is 26.7. The number of fused-ring (bicyclic) bond motifs is 2. The van der Waals surface area contributed by atoms with Crippen molar-refractivity contribution in [2.24, 2.45) is 16.7 Å². The van der Waals surface area contributed by atoms with Crippen molar-refractivity contribution >= 4 is 17.5 Å². The molecular formula is C29H34ClN3O. The van der Waals surface area contributed by atoms with Crippen molar-refractivity contribution in [1.29, 1.82) is 0 Å². The number of halogens is 1. The highest BCUT2D eigenvalue weighted by Gasteiger charge is 2.59. The van der Waals surface area contributed by atoms with Gasteiger partial charge in [-0.1, -0.05) is 68.3 Å². The Labute approximate surface area is 211 Å². The van der Waals surface area contributed by atoms with Crippen LogP contribution >= 0.6 is 11.6 Å². The van der Waals surface area contributed by atoms with Gasteiger partial charge < -0.3 is 5.32 Å². The summed E-state index contributed by atoms with van der Waals surface area (Å²) in [4.78, 5) is 13.6. The molecule has 5 heteroatoms. The predicted molar refractivity (Wildman–Crippen MR) is 138 cm³/mol. The molecule has 0 aliphatic heterocycles. The number of hydrogen-bond acceptors (Lipinski definition) is 2. The number of aromatic nitrogens is 2. The number of carbonyl (C=O) groups is 1. The Morgan fingerprint density at radius 2 is 1.97 bits per heavy atom. The van der Waals surface area contributed by atoms with Crippen molar-refractivity contribution in [3.8, 4) is 11.3 Å². The number of hydrogen-bond donors (Lipinski definition) is 1. The van der Waals surface area contributed by atoms with E-state index in [4.69, 9.17) is 20.8 Å². The summed E-state index contributed by atoms with van der Waals surface area (Å²) in [5.74, 6) is 0.473. The number of nitrogens with one attached hydrogen (secondary N) is 1. The number of amides is 1. The molecule has 3 atom stereocenters.